The molecule has 1 saturated heterocycles. The summed E-state index contributed by atoms with van der Waals surface area (Å²) in [5.74, 6) is 1.05. The van der Waals surface area contributed by atoms with E-state index in [1.165, 1.54) is 0 Å². The van der Waals surface area contributed by atoms with Gasteiger partial charge in [-0.1, -0.05) is 0 Å². The van der Waals surface area contributed by atoms with E-state index in [0.29, 0.717) is 0 Å². The van der Waals surface area contributed by atoms with Crippen LogP contribution in [0.5, 0.6) is 0 Å². The maximum absolute atomic E-state index is 6.03. The summed E-state index contributed by atoms with van der Waals surface area (Å²) in [5, 5.41) is 0. The third-order valence-corrected chi connectivity index (χ3v) is 3.33. The Labute approximate surface area is 89.4 Å². The van der Waals surface area contributed by atoms with Crippen LogP contribution in [0.15, 0.2) is 6.20 Å². The molecule has 0 saturated carbocycles. The van der Waals surface area contributed by atoms with Crippen molar-refractivity contribution in [2.45, 2.75) is 44.4 Å². The summed E-state index contributed by atoms with van der Waals surface area (Å²) in [4.78, 5) is 4.63. The van der Waals surface area contributed by atoms with Crippen molar-refractivity contribution in [1.29, 1.82) is 0 Å². The predicted octanol–water partition coefficient (Wildman–Crippen LogP) is 1.53. The predicted molar refractivity (Wildman–Crippen MR) is 56.3 cm³/mol. The molecule has 0 aromatic carbocycles. The first kappa shape index (κ1) is 9.36. The van der Waals surface area contributed by atoms with E-state index in [0.717, 1.165) is 50.4 Å². The van der Waals surface area contributed by atoms with Gasteiger partial charge >= 0.3 is 0 Å². The molecular formula is C11H17N3O. The Morgan fingerprint density at radius 2 is 2.33 bits per heavy atom. The number of fused-ring (bicyclic) bond motifs is 1. The summed E-state index contributed by atoms with van der Waals surface area (Å²) in [5.41, 5.74) is 7.12. The molecule has 4 nitrogen and oxygen atoms in total. The van der Waals surface area contributed by atoms with Crippen LogP contribution in [-0.4, -0.2) is 16.2 Å². The van der Waals surface area contributed by atoms with Crippen molar-refractivity contribution in [2.24, 2.45) is 5.73 Å². The molecule has 2 atom stereocenters. The molecule has 1 aromatic rings. The summed E-state index contributed by atoms with van der Waals surface area (Å²) < 4.78 is 7.83. The van der Waals surface area contributed by atoms with Crippen molar-refractivity contribution in [2.75, 3.05) is 6.61 Å². The molecule has 2 aliphatic rings. The van der Waals surface area contributed by atoms with Crippen molar-refractivity contribution in [3.05, 3.63) is 17.7 Å². The molecule has 0 aliphatic carbocycles. The third-order valence-electron chi connectivity index (χ3n) is 3.33. The fourth-order valence-electron chi connectivity index (χ4n) is 2.50. The smallest absolute Gasteiger partial charge is 0.126 e. The van der Waals surface area contributed by atoms with Crippen LogP contribution in [0, 0.1) is 0 Å². The van der Waals surface area contributed by atoms with Gasteiger partial charge in [-0.05, 0) is 25.7 Å². The molecule has 4 heteroatoms. The zero-order valence-corrected chi connectivity index (χ0v) is 8.85. The van der Waals surface area contributed by atoms with E-state index in [2.05, 4.69) is 15.7 Å². The van der Waals surface area contributed by atoms with Gasteiger partial charge in [-0.3, -0.25) is 0 Å². The first-order valence-corrected chi connectivity index (χ1v) is 5.79. The second-order valence-corrected chi connectivity index (χ2v) is 4.47. The first-order chi connectivity index (χ1) is 7.34. The van der Waals surface area contributed by atoms with Crippen LogP contribution in [0.4, 0.5) is 0 Å². The van der Waals surface area contributed by atoms with Crippen molar-refractivity contribution in [3.63, 3.8) is 0 Å². The van der Waals surface area contributed by atoms with E-state index in [9.17, 15) is 0 Å². The zero-order valence-electron chi connectivity index (χ0n) is 8.85. The molecular weight excluding hydrogens is 190 g/mol. The Balaban J connectivity index is 1.90. The molecule has 0 spiro atoms. The minimum atomic E-state index is 0.119. The van der Waals surface area contributed by atoms with E-state index >= 15 is 0 Å². The van der Waals surface area contributed by atoms with Gasteiger partial charge in [0, 0.05) is 19.3 Å². The molecule has 0 radical (unpaired) electrons. The zero-order chi connectivity index (χ0) is 10.3. The van der Waals surface area contributed by atoms with E-state index < -0.39 is 0 Å². The molecule has 2 N–H and O–H groups in total. The van der Waals surface area contributed by atoms with Crippen molar-refractivity contribution in [1.82, 2.24) is 9.55 Å². The average Bonchev–Trinajstić information content (AvgIpc) is 2.86. The fourth-order valence-corrected chi connectivity index (χ4v) is 2.50. The Bertz CT molecular complexity index is 355. The SMILES string of the molecule is NC1CCCn2cc(C3CCCO3)nc21. The number of nitrogens with zero attached hydrogens (tertiary/aromatic N) is 2. The van der Waals surface area contributed by atoms with Gasteiger partial charge in [-0.25, -0.2) is 4.98 Å². The van der Waals surface area contributed by atoms with Gasteiger partial charge in [0.2, 0.25) is 0 Å². The monoisotopic (exact) mass is 207 g/mol. The van der Waals surface area contributed by atoms with Gasteiger partial charge < -0.3 is 15.0 Å². The van der Waals surface area contributed by atoms with Gasteiger partial charge in [0.15, 0.2) is 0 Å². The number of hydrogen-bond donors (Lipinski definition) is 1. The van der Waals surface area contributed by atoms with E-state index in [1.54, 1.807) is 0 Å². The highest BCUT2D eigenvalue weighted by Crippen LogP contribution is 2.30. The Morgan fingerprint density at radius 1 is 1.40 bits per heavy atom. The summed E-state index contributed by atoms with van der Waals surface area (Å²) in [6, 6.07) is 0.119. The van der Waals surface area contributed by atoms with Gasteiger partial charge in [-0.2, -0.15) is 0 Å². The maximum Gasteiger partial charge on any atom is 0.126 e. The molecule has 3 rings (SSSR count). The lowest BCUT2D eigenvalue weighted by atomic mass is 10.1. The summed E-state index contributed by atoms with van der Waals surface area (Å²) >= 11 is 0. The van der Waals surface area contributed by atoms with Gasteiger partial charge in [0.05, 0.1) is 11.7 Å². The molecule has 2 unspecified atom stereocenters. The number of ether oxygens (including phenoxy) is 1. The number of nitrogens with two attached hydrogens (primary N) is 1. The highest BCUT2D eigenvalue weighted by molar-refractivity contribution is 5.12. The molecule has 15 heavy (non-hydrogen) atoms. The van der Waals surface area contributed by atoms with Crippen LogP contribution in [-0.2, 0) is 11.3 Å². The number of hydrogen-bond acceptors (Lipinski definition) is 3. The molecule has 1 fully saturated rings. The number of aryl methyl sites for hydroxylation is 1. The number of imidazole rings is 1. The lowest BCUT2D eigenvalue weighted by Gasteiger charge is -2.19. The lowest BCUT2D eigenvalue weighted by Crippen LogP contribution is -2.21. The fraction of sp³-hybridized carbons (Fsp3) is 0.727. The molecule has 0 amide bonds. The maximum atomic E-state index is 6.03. The van der Waals surface area contributed by atoms with Crippen molar-refractivity contribution in [3.8, 4) is 0 Å². The van der Waals surface area contributed by atoms with Crippen LogP contribution < -0.4 is 5.73 Å². The second-order valence-electron chi connectivity index (χ2n) is 4.47. The number of aromatic nitrogens is 2. The standard InChI is InChI=1S/C11H17N3O/c12-8-3-1-5-14-7-9(13-11(8)14)10-4-2-6-15-10/h7-8,10H,1-6,12H2. The minimum Gasteiger partial charge on any atom is -0.372 e. The van der Waals surface area contributed by atoms with Crippen LogP contribution in [0.1, 0.15) is 49.3 Å². The highest BCUT2D eigenvalue weighted by Gasteiger charge is 2.25. The topological polar surface area (TPSA) is 53.1 Å². The van der Waals surface area contributed by atoms with Gasteiger partial charge in [-0.15, -0.1) is 0 Å². The third kappa shape index (κ3) is 1.58. The minimum absolute atomic E-state index is 0.119. The molecule has 0 bridgehead atoms. The lowest BCUT2D eigenvalue weighted by molar-refractivity contribution is 0.109. The normalized spacial score (nSPS) is 30.5. The van der Waals surface area contributed by atoms with Gasteiger partial charge in [0.1, 0.15) is 11.9 Å². The molecule has 2 aliphatic heterocycles. The highest BCUT2D eigenvalue weighted by atomic mass is 16.5. The Hall–Kier alpha value is -0.870. The van der Waals surface area contributed by atoms with Crippen LogP contribution in [0.25, 0.3) is 0 Å². The van der Waals surface area contributed by atoms with E-state index in [1.807, 2.05) is 0 Å². The number of rotatable bonds is 1. The average molecular weight is 207 g/mol. The Morgan fingerprint density at radius 3 is 3.07 bits per heavy atom. The van der Waals surface area contributed by atoms with Crippen molar-refractivity contribution >= 4 is 0 Å². The second kappa shape index (κ2) is 3.61. The summed E-state index contributed by atoms with van der Waals surface area (Å²) in [6.45, 7) is 1.93. The molecule has 1 aromatic heterocycles. The van der Waals surface area contributed by atoms with Crippen molar-refractivity contribution < 1.29 is 4.74 Å². The summed E-state index contributed by atoms with van der Waals surface area (Å²) in [6.07, 6.45) is 6.82. The first-order valence-electron chi connectivity index (χ1n) is 5.79. The quantitative estimate of drug-likeness (QED) is 0.759. The van der Waals surface area contributed by atoms with Crippen LogP contribution >= 0.6 is 0 Å². The van der Waals surface area contributed by atoms with Gasteiger partial charge in [0.25, 0.3) is 0 Å². The largest absolute Gasteiger partial charge is 0.372 e. The van der Waals surface area contributed by atoms with Crippen LogP contribution in [0.2, 0.25) is 0 Å². The Kier molecular flexibility index (Phi) is 2.25. The van der Waals surface area contributed by atoms with E-state index in [4.69, 9.17) is 10.5 Å². The van der Waals surface area contributed by atoms with E-state index in [-0.39, 0.29) is 12.1 Å². The molecule has 82 valence electrons. The summed E-state index contributed by atoms with van der Waals surface area (Å²) in [7, 11) is 0. The molecule has 3 heterocycles. The van der Waals surface area contributed by atoms with Crippen LogP contribution in [0.3, 0.4) is 0 Å².